The molecule has 1 fully saturated rings. The summed E-state index contributed by atoms with van der Waals surface area (Å²) in [6.07, 6.45) is 7.58. The van der Waals surface area contributed by atoms with Gasteiger partial charge in [-0.25, -0.2) is 8.42 Å². The Labute approximate surface area is 112 Å². The van der Waals surface area contributed by atoms with Crippen LogP contribution in [0.2, 0.25) is 0 Å². The van der Waals surface area contributed by atoms with Crippen LogP contribution in [-0.2, 0) is 16.6 Å². The fraction of sp³-hybridized carbons (Fsp3) is 0.500. The predicted molar refractivity (Wildman–Crippen MR) is 72.8 cm³/mol. The molecule has 0 atom stereocenters. The number of terminal acetylenes is 1. The molecule has 98 valence electrons. The Morgan fingerprint density at radius 1 is 1.56 bits per heavy atom. The Morgan fingerprint density at radius 3 is 2.89 bits per heavy atom. The predicted octanol–water partition coefficient (Wildman–Crippen LogP) is 1.25. The maximum Gasteiger partial charge on any atom is 0.253 e. The highest BCUT2D eigenvalue weighted by atomic mass is 32.2. The first-order valence-electron chi connectivity index (χ1n) is 5.76. The molecule has 0 saturated heterocycles. The van der Waals surface area contributed by atoms with E-state index in [1.807, 2.05) is 6.07 Å². The Bertz CT molecular complexity index is 553. The van der Waals surface area contributed by atoms with Crippen molar-refractivity contribution in [1.29, 1.82) is 0 Å². The summed E-state index contributed by atoms with van der Waals surface area (Å²) in [6, 6.07) is 4.13. The first-order valence-corrected chi connectivity index (χ1v) is 8.01. The normalized spacial score (nSPS) is 15.8. The highest BCUT2D eigenvalue weighted by molar-refractivity contribution is 7.91. The van der Waals surface area contributed by atoms with Crippen molar-refractivity contribution in [1.82, 2.24) is 9.62 Å². The van der Waals surface area contributed by atoms with Gasteiger partial charge < -0.3 is 5.32 Å². The van der Waals surface area contributed by atoms with Crippen LogP contribution in [0, 0.1) is 12.3 Å². The minimum atomic E-state index is -3.42. The summed E-state index contributed by atoms with van der Waals surface area (Å²) in [7, 11) is -1.92. The smallest absolute Gasteiger partial charge is 0.253 e. The highest BCUT2D eigenvalue weighted by Crippen LogP contribution is 2.25. The fourth-order valence-corrected chi connectivity index (χ4v) is 4.09. The molecule has 1 saturated carbocycles. The lowest BCUT2D eigenvalue weighted by Gasteiger charge is -2.12. The van der Waals surface area contributed by atoms with Gasteiger partial charge in [-0.2, -0.15) is 4.31 Å². The van der Waals surface area contributed by atoms with Gasteiger partial charge in [0.15, 0.2) is 0 Å². The van der Waals surface area contributed by atoms with Crippen molar-refractivity contribution < 1.29 is 8.42 Å². The third-order valence-corrected chi connectivity index (χ3v) is 6.11. The first-order chi connectivity index (χ1) is 8.54. The van der Waals surface area contributed by atoms with Crippen molar-refractivity contribution in [2.45, 2.75) is 29.6 Å². The van der Waals surface area contributed by atoms with Crippen LogP contribution in [-0.4, -0.2) is 32.4 Å². The van der Waals surface area contributed by atoms with E-state index >= 15 is 0 Å². The monoisotopic (exact) mass is 284 g/mol. The SMILES string of the molecule is C#CCN(C)S(=O)(=O)c1ccc(CNC2CC2)s1. The van der Waals surface area contributed by atoms with E-state index in [0.29, 0.717) is 10.3 Å². The number of sulfonamides is 1. The van der Waals surface area contributed by atoms with Crippen LogP contribution in [0.25, 0.3) is 0 Å². The molecule has 0 bridgehead atoms. The summed E-state index contributed by atoms with van der Waals surface area (Å²) >= 11 is 1.30. The van der Waals surface area contributed by atoms with Crippen LogP contribution >= 0.6 is 11.3 Å². The van der Waals surface area contributed by atoms with Gasteiger partial charge in [-0.15, -0.1) is 17.8 Å². The van der Waals surface area contributed by atoms with Crippen molar-refractivity contribution in [3.8, 4) is 12.3 Å². The standard InChI is InChI=1S/C12H16N2O2S2/c1-3-8-14(2)18(15,16)12-7-6-11(17-12)9-13-10-4-5-10/h1,6-7,10,13H,4-5,8-9H2,2H3. The van der Waals surface area contributed by atoms with Gasteiger partial charge >= 0.3 is 0 Å². The zero-order valence-electron chi connectivity index (χ0n) is 10.2. The molecule has 0 unspecified atom stereocenters. The molecule has 0 aromatic carbocycles. The average molecular weight is 284 g/mol. The van der Waals surface area contributed by atoms with Gasteiger partial charge in [-0.05, 0) is 25.0 Å². The molecule has 1 aromatic heterocycles. The van der Waals surface area contributed by atoms with E-state index in [1.165, 1.54) is 35.5 Å². The average Bonchev–Trinajstić information content (AvgIpc) is 3.03. The van der Waals surface area contributed by atoms with E-state index in [1.54, 1.807) is 6.07 Å². The minimum absolute atomic E-state index is 0.0931. The van der Waals surface area contributed by atoms with E-state index in [-0.39, 0.29) is 6.54 Å². The fourth-order valence-electron chi connectivity index (χ4n) is 1.49. The molecule has 0 spiro atoms. The first kappa shape index (κ1) is 13.6. The summed E-state index contributed by atoms with van der Waals surface area (Å²) in [5, 5.41) is 3.36. The molecule has 1 N–H and O–H groups in total. The van der Waals surface area contributed by atoms with Gasteiger partial charge in [0, 0.05) is 24.5 Å². The summed E-state index contributed by atoms with van der Waals surface area (Å²) < 4.78 is 25.8. The summed E-state index contributed by atoms with van der Waals surface area (Å²) in [6.45, 7) is 0.833. The molecule has 1 aliphatic rings. The van der Waals surface area contributed by atoms with Crippen molar-refractivity contribution in [2.24, 2.45) is 0 Å². The number of rotatable bonds is 6. The van der Waals surface area contributed by atoms with Crippen LogP contribution < -0.4 is 5.32 Å². The maximum atomic E-state index is 12.1. The van der Waals surface area contributed by atoms with Crippen LogP contribution in [0.1, 0.15) is 17.7 Å². The van der Waals surface area contributed by atoms with E-state index in [4.69, 9.17) is 6.42 Å². The molecule has 2 rings (SSSR count). The van der Waals surface area contributed by atoms with Crippen molar-refractivity contribution >= 4 is 21.4 Å². The van der Waals surface area contributed by atoms with Crippen LogP contribution in [0.5, 0.6) is 0 Å². The zero-order valence-corrected chi connectivity index (χ0v) is 11.9. The highest BCUT2D eigenvalue weighted by Gasteiger charge is 2.23. The molecule has 1 aliphatic carbocycles. The van der Waals surface area contributed by atoms with E-state index in [9.17, 15) is 8.42 Å². The minimum Gasteiger partial charge on any atom is -0.309 e. The van der Waals surface area contributed by atoms with Crippen molar-refractivity contribution in [3.63, 3.8) is 0 Å². The second-order valence-electron chi connectivity index (χ2n) is 4.34. The van der Waals surface area contributed by atoms with Crippen molar-refractivity contribution in [2.75, 3.05) is 13.6 Å². The van der Waals surface area contributed by atoms with Gasteiger partial charge in [0.05, 0.1) is 6.54 Å². The largest absolute Gasteiger partial charge is 0.309 e. The maximum absolute atomic E-state index is 12.1. The Balaban J connectivity index is 2.05. The summed E-state index contributed by atoms with van der Waals surface area (Å²) in [5.74, 6) is 2.34. The lowest BCUT2D eigenvalue weighted by atomic mass is 10.4. The quantitative estimate of drug-likeness (QED) is 0.800. The zero-order chi connectivity index (χ0) is 13.2. The van der Waals surface area contributed by atoms with Crippen LogP contribution in [0.4, 0.5) is 0 Å². The number of nitrogens with zero attached hydrogens (tertiary/aromatic N) is 1. The number of nitrogens with one attached hydrogen (secondary N) is 1. The van der Waals surface area contributed by atoms with Gasteiger partial charge in [0.1, 0.15) is 4.21 Å². The van der Waals surface area contributed by atoms with Gasteiger partial charge in [0.2, 0.25) is 0 Å². The van der Waals surface area contributed by atoms with E-state index in [2.05, 4.69) is 11.2 Å². The molecule has 0 radical (unpaired) electrons. The molecular weight excluding hydrogens is 268 g/mol. The van der Waals surface area contributed by atoms with E-state index in [0.717, 1.165) is 11.4 Å². The van der Waals surface area contributed by atoms with Crippen LogP contribution in [0.3, 0.4) is 0 Å². The topological polar surface area (TPSA) is 49.4 Å². The number of thiophene rings is 1. The summed E-state index contributed by atoms with van der Waals surface area (Å²) in [5.41, 5.74) is 0. The lowest BCUT2D eigenvalue weighted by Crippen LogP contribution is -2.26. The molecule has 0 aliphatic heterocycles. The molecule has 6 heteroatoms. The summed E-state index contributed by atoms with van der Waals surface area (Å²) in [4.78, 5) is 1.04. The number of hydrogen-bond donors (Lipinski definition) is 1. The Hall–Kier alpha value is -0.870. The number of hydrogen-bond acceptors (Lipinski definition) is 4. The van der Waals surface area contributed by atoms with Gasteiger partial charge in [-0.3, -0.25) is 0 Å². The molecule has 1 aromatic rings. The molecule has 1 heterocycles. The van der Waals surface area contributed by atoms with Crippen molar-refractivity contribution in [3.05, 3.63) is 17.0 Å². The Kier molecular flexibility index (Phi) is 4.07. The third kappa shape index (κ3) is 3.12. The molecule has 0 amide bonds. The lowest BCUT2D eigenvalue weighted by molar-refractivity contribution is 0.505. The second-order valence-corrected chi connectivity index (χ2v) is 7.78. The van der Waals surface area contributed by atoms with Gasteiger partial charge in [-0.1, -0.05) is 5.92 Å². The molecule has 4 nitrogen and oxygen atoms in total. The van der Waals surface area contributed by atoms with E-state index < -0.39 is 10.0 Å². The Morgan fingerprint density at radius 2 is 2.28 bits per heavy atom. The van der Waals surface area contributed by atoms with Gasteiger partial charge in [0.25, 0.3) is 10.0 Å². The third-order valence-electron chi connectivity index (χ3n) is 2.76. The second kappa shape index (κ2) is 5.41. The molecule has 18 heavy (non-hydrogen) atoms. The van der Waals surface area contributed by atoms with Crippen LogP contribution in [0.15, 0.2) is 16.3 Å². The molecular formula is C12H16N2O2S2.